The van der Waals surface area contributed by atoms with Crippen molar-refractivity contribution in [1.82, 2.24) is 0 Å². The molecule has 1 rings (SSSR count). The topological polar surface area (TPSA) is 36.9 Å². The Hall–Kier alpha value is -0.160. The largest absolute Gasteiger partial charge is 0.382 e. The average Bonchev–Trinajstić information content (AvgIpc) is 2.28. The zero-order valence-electron chi connectivity index (χ0n) is 8.70. The molecule has 13 heavy (non-hydrogen) atoms. The molecule has 0 N–H and O–H groups in total. The predicted octanol–water partition coefficient (Wildman–Crippen LogP) is 0.799. The molecule has 4 nitrogen and oxygen atoms in total. The van der Waals surface area contributed by atoms with Crippen LogP contribution in [0.4, 0.5) is 0 Å². The third kappa shape index (κ3) is 2.91. The summed E-state index contributed by atoms with van der Waals surface area (Å²) >= 11 is 0. The van der Waals surface area contributed by atoms with Crippen LogP contribution in [0.3, 0.4) is 0 Å². The second-order valence-electron chi connectivity index (χ2n) is 3.62. The van der Waals surface area contributed by atoms with Crippen molar-refractivity contribution in [3.63, 3.8) is 0 Å². The molecule has 0 aromatic carbocycles. The van der Waals surface area contributed by atoms with Gasteiger partial charge in [0.15, 0.2) is 5.79 Å². The fourth-order valence-electron chi connectivity index (χ4n) is 1.52. The molecule has 0 aromatic rings. The Kier molecular flexibility index (Phi) is 3.67. The minimum Gasteiger partial charge on any atom is -0.382 e. The van der Waals surface area contributed by atoms with Gasteiger partial charge in [0.1, 0.15) is 12.2 Å². The van der Waals surface area contributed by atoms with Crippen LogP contribution >= 0.6 is 0 Å². The third-order valence-electron chi connectivity index (χ3n) is 1.95. The summed E-state index contributed by atoms with van der Waals surface area (Å²) in [5.74, 6) is -0.521. The van der Waals surface area contributed by atoms with Gasteiger partial charge >= 0.3 is 0 Å². The number of hydrogen-bond acceptors (Lipinski definition) is 4. The maximum Gasteiger partial charge on any atom is 0.163 e. The molecule has 1 saturated heterocycles. The molecular weight excluding hydrogens is 172 g/mol. The van der Waals surface area contributed by atoms with Gasteiger partial charge in [-0.2, -0.15) is 0 Å². The van der Waals surface area contributed by atoms with Gasteiger partial charge in [-0.3, -0.25) is 0 Å². The third-order valence-corrected chi connectivity index (χ3v) is 1.95. The molecule has 0 bridgehead atoms. The molecule has 4 heteroatoms. The first-order valence-corrected chi connectivity index (χ1v) is 4.42. The Morgan fingerprint density at radius 3 is 1.69 bits per heavy atom. The lowest BCUT2D eigenvalue weighted by Gasteiger charge is -2.16. The van der Waals surface area contributed by atoms with Crippen LogP contribution in [0.5, 0.6) is 0 Å². The Bertz CT molecular complexity index is 142. The van der Waals surface area contributed by atoms with Gasteiger partial charge in [-0.05, 0) is 13.8 Å². The predicted molar refractivity (Wildman–Crippen MR) is 47.6 cm³/mol. The van der Waals surface area contributed by atoms with Crippen molar-refractivity contribution in [3.05, 3.63) is 0 Å². The highest BCUT2D eigenvalue weighted by molar-refractivity contribution is 4.80. The van der Waals surface area contributed by atoms with Crippen LogP contribution in [0.2, 0.25) is 0 Å². The molecule has 0 unspecified atom stereocenters. The van der Waals surface area contributed by atoms with Crippen molar-refractivity contribution < 1.29 is 18.9 Å². The summed E-state index contributed by atoms with van der Waals surface area (Å²) in [6.07, 6.45) is -0.0556. The summed E-state index contributed by atoms with van der Waals surface area (Å²) in [7, 11) is 3.30. The smallest absolute Gasteiger partial charge is 0.163 e. The van der Waals surface area contributed by atoms with Crippen LogP contribution in [0.1, 0.15) is 13.8 Å². The van der Waals surface area contributed by atoms with Crippen LogP contribution in [-0.4, -0.2) is 45.4 Å². The van der Waals surface area contributed by atoms with Crippen LogP contribution in [0.15, 0.2) is 0 Å². The lowest BCUT2D eigenvalue weighted by atomic mass is 10.2. The number of ether oxygens (including phenoxy) is 4. The molecular formula is C9H18O4. The zero-order chi connectivity index (χ0) is 9.90. The quantitative estimate of drug-likeness (QED) is 0.657. The van der Waals surface area contributed by atoms with E-state index < -0.39 is 5.79 Å². The molecule has 0 amide bonds. The first-order valence-electron chi connectivity index (χ1n) is 4.42. The number of rotatable bonds is 4. The van der Waals surface area contributed by atoms with E-state index in [-0.39, 0.29) is 12.2 Å². The SMILES string of the molecule is COC[C@@H]1OC(C)(C)O[C@H]1COC. The van der Waals surface area contributed by atoms with Gasteiger partial charge in [-0.15, -0.1) is 0 Å². The summed E-state index contributed by atoms with van der Waals surface area (Å²) in [6, 6.07) is 0. The van der Waals surface area contributed by atoms with E-state index in [1.807, 2.05) is 13.8 Å². The van der Waals surface area contributed by atoms with Gasteiger partial charge in [0.25, 0.3) is 0 Å². The van der Waals surface area contributed by atoms with Crippen LogP contribution in [-0.2, 0) is 18.9 Å². The lowest BCUT2D eigenvalue weighted by Crippen LogP contribution is -2.30. The number of hydrogen-bond donors (Lipinski definition) is 0. The van der Waals surface area contributed by atoms with Gasteiger partial charge in [-0.25, -0.2) is 0 Å². The Labute approximate surface area is 79.1 Å². The van der Waals surface area contributed by atoms with E-state index in [9.17, 15) is 0 Å². The molecule has 0 aliphatic carbocycles. The maximum atomic E-state index is 5.63. The van der Waals surface area contributed by atoms with Crippen LogP contribution in [0.25, 0.3) is 0 Å². The number of methoxy groups -OCH3 is 2. The molecule has 1 aliphatic rings. The summed E-state index contributed by atoms with van der Waals surface area (Å²) in [5.41, 5.74) is 0. The first kappa shape index (κ1) is 10.9. The molecule has 1 fully saturated rings. The summed E-state index contributed by atoms with van der Waals surface area (Å²) in [4.78, 5) is 0. The van der Waals surface area contributed by atoms with Gasteiger partial charge in [0, 0.05) is 14.2 Å². The summed E-state index contributed by atoms with van der Waals surface area (Å²) in [5, 5.41) is 0. The minimum absolute atomic E-state index is 0.0278. The van der Waals surface area contributed by atoms with Crippen molar-refractivity contribution >= 4 is 0 Å². The van der Waals surface area contributed by atoms with E-state index in [1.54, 1.807) is 14.2 Å². The van der Waals surface area contributed by atoms with E-state index in [1.165, 1.54) is 0 Å². The first-order chi connectivity index (χ1) is 6.09. The molecule has 2 atom stereocenters. The van der Waals surface area contributed by atoms with Crippen molar-refractivity contribution in [2.24, 2.45) is 0 Å². The van der Waals surface area contributed by atoms with E-state index in [2.05, 4.69) is 0 Å². The van der Waals surface area contributed by atoms with Crippen molar-refractivity contribution in [1.29, 1.82) is 0 Å². The summed E-state index contributed by atoms with van der Waals surface area (Å²) in [6.45, 7) is 4.87. The van der Waals surface area contributed by atoms with Crippen molar-refractivity contribution in [2.45, 2.75) is 31.8 Å². The van der Waals surface area contributed by atoms with E-state index in [0.29, 0.717) is 13.2 Å². The van der Waals surface area contributed by atoms with E-state index >= 15 is 0 Å². The normalized spacial score (nSPS) is 32.3. The van der Waals surface area contributed by atoms with E-state index in [0.717, 1.165) is 0 Å². The fraction of sp³-hybridized carbons (Fsp3) is 1.00. The lowest BCUT2D eigenvalue weighted by molar-refractivity contribution is -0.152. The van der Waals surface area contributed by atoms with E-state index in [4.69, 9.17) is 18.9 Å². The molecule has 1 heterocycles. The van der Waals surface area contributed by atoms with Crippen molar-refractivity contribution in [2.75, 3.05) is 27.4 Å². The molecule has 0 spiro atoms. The zero-order valence-corrected chi connectivity index (χ0v) is 8.70. The standard InChI is InChI=1S/C9H18O4/c1-9(2)12-7(5-10-3)8(13-9)6-11-4/h7-8H,5-6H2,1-4H3/t7-,8-/m0/s1. The maximum absolute atomic E-state index is 5.63. The highest BCUT2D eigenvalue weighted by atomic mass is 16.8. The van der Waals surface area contributed by atoms with Crippen LogP contribution in [0, 0.1) is 0 Å². The molecule has 0 aromatic heterocycles. The van der Waals surface area contributed by atoms with Gasteiger partial charge in [-0.1, -0.05) is 0 Å². The van der Waals surface area contributed by atoms with Gasteiger partial charge in [0.05, 0.1) is 13.2 Å². The summed E-state index contributed by atoms with van der Waals surface area (Å²) < 4.78 is 21.3. The van der Waals surface area contributed by atoms with Gasteiger partial charge in [0.2, 0.25) is 0 Å². The Morgan fingerprint density at radius 2 is 1.38 bits per heavy atom. The van der Waals surface area contributed by atoms with Crippen molar-refractivity contribution in [3.8, 4) is 0 Å². The second kappa shape index (κ2) is 4.37. The molecule has 0 radical (unpaired) electrons. The minimum atomic E-state index is -0.521. The average molecular weight is 190 g/mol. The molecule has 1 aliphatic heterocycles. The van der Waals surface area contributed by atoms with Crippen LogP contribution < -0.4 is 0 Å². The molecule has 78 valence electrons. The van der Waals surface area contributed by atoms with Gasteiger partial charge < -0.3 is 18.9 Å². The second-order valence-corrected chi connectivity index (χ2v) is 3.62. The fourth-order valence-corrected chi connectivity index (χ4v) is 1.52. The Morgan fingerprint density at radius 1 is 1.00 bits per heavy atom. The highest BCUT2D eigenvalue weighted by Crippen LogP contribution is 2.28. The highest BCUT2D eigenvalue weighted by Gasteiger charge is 2.40. The Balaban J connectivity index is 2.49. The monoisotopic (exact) mass is 190 g/mol. The molecule has 0 saturated carbocycles.